The molecular formula is C17H24N4O3S. The van der Waals surface area contributed by atoms with E-state index in [0.717, 1.165) is 49.2 Å². The number of nitrogens with one attached hydrogen (secondary N) is 1. The fraction of sp³-hybridized carbons (Fsp3) is 0.529. The number of carbonyl (C=O) groups is 1. The molecule has 3 heterocycles. The number of aromatic nitrogens is 1. The zero-order valence-corrected chi connectivity index (χ0v) is 15.3. The molecule has 136 valence electrons. The topological polar surface area (TPSA) is 70.8 Å². The Balaban J connectivity index is 1.40. The minimum atomic E-state index is 0.0630. The minimum absolute atomic E-state index is 0.0630. The van der Waals surface area contributed by atoms with E-state index in [2.05, 4.69) is 25.5 Å². The highest BCUT2D eigenvalue weighted by atomic mass is 32.1. The van der Waals surface area contributed by atoms with Crippen LogP contribution >= 0.6 is 11.3 Å². The lowest BCUT2D eigenvalue weighted by molar-refractivity contribution is -0.122. The second-order valence-electron chi connectivity index (χ2n) is 6.02. The molecule has 0 spiro atoms. The summed E-state index contributed by atoms with van der Waals surface area (Å²) in [7, 11) is 1.63. The SMILES string of the molecule is COCCNC(=O)CN1CCN(Cc2csc(-c3ccco3)n2)CC1. The van der Waals surface area contributed by atoms with E-state index in [1.807, 2.05) is 12.1 Å². The minimum Gasteiger partial charge on any atom is -0.462 e. The lowest BCUT2D eigenvalue weighted by Crippen LogP contribution is -2.49. The Bertz CT molecular complexity index is 651. The van der Waals surface area contributed by atoms with Crippen LogP contribution in [0.1, 0.15) is 5.69 Å². The number of ether oxygens (including phenoxy) is 1. The molecule has 0 radical (unpaired) electrons. The Morgan fingerprint density at radius 2 is 2.16 bits per heavy atom. The summed E-state index contributed by atoms with van der Waals surface area (Å²) in [6.07, 6.45) is 1.67. The number of hydrogen-bond acceptors (Lipinski definition) is 7. The largest absolute Gasteiger partial charge is 0.462 e. The average Bonchev–Trinajstić information content (AvgIpc) is 3.28. The predicted octanol–water partition coefficient (Wildman–Crippen LogP) is 1.28. The maximum absolute atomic E-state index is 11.8. The highest BCUT2D eigenvalue weighted by Crippen LogP contribution is 2.24. The number of thiazole rings is 1. The van der Waals surface area contributed by atoms with Gasteiger partial charge in [0.2, 0.25) is 5.91 Å². The van der Waals surface area contributed by atoms with Crippen molar-refractivity contribution in [3.05, 3.63) is 29.5 Å². The Morgan fingerprint density at radius 1 is 1.36 bits per heavy atom. The van der Waals surface area contributed by atoms with Crippen molar-refractivity contribution in [1.29, 1.82) is 0 Å². The molecule has 0 aliphatic carbocycles. The van der Waals surface area contributed by atoms with Gasteiger partial charge < -0.3 is 14.5 Å². The monoisotopic (exact) mass is 364 g/mol. The molecular weight excluding hydrogens is 340 g/mol. The molecule has 0 aromatic carbocycles. The normalized spacial score (nSPS) is 16.2. The van der Waals surface area contributed by atoms with Gasteiger partial charge in [0.15, 0.2) is 10.8 Å². The summed E-state index contributed by atoms with van der Waals surface area (Å²) in [4.78, 5) is 21.0. The van der Waals surface area contributed by atoms with Crippen LogP contribution in [0.2, 0.25) is 0 Å². The Hall–Kier alpha value is -1.74. The molecule has 0 atom stereocenters. The maximum Gasteiger partial charge on any atom is 0.234 e. The van der Waals surface area contributed by atoms with Crippen molar-refractivity contribution < 1.29 is 13.9 Å². The van der Waals surface area contributed by atoms with E-state index < -0.39 is 0 Å². The predicted molar refractivity (Wildman–Crippen MR) is 96.4 cm³/mol. The Labute approximate surface area is 151 Å². The van der Waals surface area contributed by atoms with Crippen LogP contribution in [0.4, 0.5) is 0 Å². The van der Waals surface area contributed by atoms with Gasteiger partial charge in [-0.2, -0.15) is 0 Å². The van der Waals surface area contributed by atoms with E-state index in [4.69, 9.17) is 9.15 Å². The van der Waals surface area contributed by atoms with Crippen molar-refractivity contribution in [3.63, 3.8) is 0 Å². The molecule has 3 rings (SSSR count). The van der Waals surface area contributed by atoms with Crippen LogP contribution in [0.15, 0.2) is 28.2 Å². The summed E-state index contributed by atoms with van der Waals surface area (Å²) in [6, 6.07) is 3.81. The number of amides is 1. The number of methoxy groups -OCH3 is 1. The first-order valence-corrected chi connectivity index (χ1v) is 9.31. The van der Waals surface area contributed by atoms with Crippen LogP contribution in [0.5, 0.6) is 0 Å². The lowest BCUT2D eigenvalue weighted by Gasteiger charge is -2.33. The highest BCUT2D eigenvalue weighted by molar-refractivity contribution is 7.13. The number of furan rings is 1. The summed E-state index contributed by atoms with van der Waals surface area (Å²) in [5.74, 6) is 0.883. The molecule has 1 saturated heterocycles. The summed E-state index contributed by atoms with van der Waals surface area (Å²) in [5.41, 5.74) is 1.07. The molecule has 1 fully saturated rings. The van der Waals surface area contributed by atoms with Crippen molar-refractivity contribution in [3.8, 4) is 10.8 Å². The fourth-order valence-corrected chi connectivity index (χ4v) is 3.56. The van der Waals surface area contributed by atoms with Gasteiger partial charge in [0.05, 0.1) is 25.1 Å². The first-order chi connectivity index (χ1) is 12.2. The molecule has 25 heavy (non-hydrogen) atoms. The molecule has 1 aliphatic heterocycles. The zero-order valence-electron chi connectivity index (χ0n) is 14.4. The zero-order chi connectivity index (χ0) is 17.5. The van der Waals surface area contributed by atoms with E-state index in [9.17, 15) is 4.79 Å². The van der Waals surface area contributed by atoms with Gasteiger partial charge >= 0.3 is 0 Å². The van der Waals surface area contributed by atoms with Gasteiger partial charge in [0.25, 0.3) is 0 Å². The second-order valence-corrected chi connectivity index (χ2v) is 6.87. The molecule has 1 N–H and O–H groups in total. The smallest absolute Gasteiger partial charge is 0.234 e. The molecule has 0 unspecified atom stereocenters. The summed E-state index contributed by atoms with van der Waals surface area (Å²) in [6.45, 7) is 6.09. The molecule has 0 saturated carbocycles. The lowest BCUT2D eigenvalue weighted by atomic mass is 10.3. The third-order valence-electron chi connectivity index (χ3n) is 4.13. The van der Waals surface area contributed by atoms with E-state index in [-0.39, 0.29) is 5.91 Å². The Kier molecular flexibility index (Phi) is 6.57. The van der Waals surface area contributed by atoms with Crippen molar-refractivity contribution >= 4 is 17.2 Å². The van der Waals surface area contributed by atoms with E-state index in [1.54, 1.807) is 24.7 Å². The van der Waals surface area contributed by atoms with Gasteiger partial charge in [-0.1, -0.05) is 0 Å². The van der Waals surface area contributed by atoms with Crippen LogP contribution in [-0.2, 0) is 16.1 Å². The van der Waals surface area contributed by atoms with Crippen molar-refractivity contribution in [1.82, 2.24) is 20.1 Å². The summed E-state index contributed by atoms with van der Waals surface area (Å²) < 4.78 is 10.3. The van der Waals surface area contributed by atoms with Crippen LogP contribution in [0, 0.1) is 0 Å². The van der Waals surface area contributed by atoms with Crippen LogP contribution in [-0.4, -0.2) is 73.7 Å². The van der Waals surface area contributed by atoms with E-state index >= 15 is 0 Å². The van der Waals surface area contributed by atoms with Gasteiger partial charge in [0.1, 0.15) is 0 Å². The van der Waals surface area contributed by atoms with Crippen LogP contribution in [0.3, 0.4) is 0 Å². The van der Waals surface area contributed by atoms with Crippen molar-refractivity contribution in [2.75, 3.05) is 53.0 Å². The standard InChI is InChI=1S/C17H24N4O3S/c1-23-10-4-18-16(22)12-21-7-5-20(6-8-21)11-14-13-25-17(19-14)15-3-2-9-24-15/h2-3,9,13H,4-8,10-12H2,1H3,(H,18,22). The molecule has 1 aliphatic rings. The second kappa shape index (κ2) is 9.10. The third-order valence-corrected chi connectivity index (χ3v) is 5.04. The first-order valence-electron chi connectivity index (χ1n) is 8.43. The maximum atomic E-state index is 11.8. The van der Waals surface area contributed by atoms with Gasteiger partial charge in [-0.25, -0.2) is 4.98 Å². The number of carbonyl (C=O) groups excluding carboxylic acids is 1. The van der Waals surface area contributed by atoms with Crippen LogP contribution < -0.4 is 5.32 Å². The van der Waals surface area contributed by atoms with Gasteiger partial charge in [-0.15, -0.1) is 11.3 Å². The molecule has 2 aromatic rings. The number of nitrogens with zero attached hydrogens (tertiary/aromatic N) is 3. The third kappa shape index (κ3) is 5.37. The molecule has 2 aromatic heterocycles. The molecule has 8 heteroatoms. The van der Waals surface area contributed by atoms with Gasteiger partial charge in [0, 0.05) is 51.8 Å². The molecule has 7 nitrogen and oxygen atoms in total. The van der Waals surface area contributed by atoms with E-state index in [1.165, 1.54) is 0 Å². The van der Waals surface area contributed by atoms with E-state index in [0.29, 0.717) is 19.7 Å². The number of piperazine rings is 1. The quantitative estimate of drug-likeness (QED) is 0.712. The average molecular weight is 364 g/mol. The highest BCUT2D eigenvalue weighted by Gasteiger charge is 2.20. The molecule has 0 bridgehead atoms. The summed E-state index contributed by atoms with van der Waals surface area (Å²) >= 11 is 1.61. The van der Waals surface area contributed by atoms with Gasteiger partial charge in [-0.3, -0.25) is 14.6 Å². The van der Waals surface area contributed by atoms with Gasteiger partial charge in [-0.05, 0) is 12.1 Å². The number of rotatable bonds is 8. The Morgan fingerprint density at radius 3 is 2.88 bits per heavy atom. The number of hydrogen-bond donors (Lipinski definition) is 1. The summed E-state index contributed by atoms with van der Waals surface area (Å²) in [5, 5.41) is 5.87. The first kappa shape index (κ1) is 18.1. The van der Waals surface area contributed by atoms with Crippen molar-refractivity contribution in [2.45, 2.75) is 6.54 Å². The fourth-order valence-electron chi connectivity index (χ4n) is 2.78. The van der Waals surface area contributed by atoms with Crippen molar-refractivity contribution in [2.24, 2.45) is 0 Å². The molecule has 1 amide bonds. The van der Waals surface area contributed by atoms with Crippen LogP contribution in [0.25, 0.3) is 10.8 Å².